The van der Waals surface area contributed by atoms with Crippen molar-refractivity contribution >= 4 is 18.7 Å². The van der Waals surface area contributed by atoms with Crippen LogP contribution < -0.4 is 5.46 Å². The summed E-state index contributed by atoms with van der Waals surface area (Å²) >= 11 is 0. The van der Waals surface area contributed by atoms with Crippen LogP contribution in [0.25, 0.3) is 0 Å². The van der Waals surface area contributed by atoms with Gasteiger partial charge in [0.05, 0.1) is 17.2 Å². The van der Waals surface area contributed by atoms with Crippen LogP contribution in [0.5, 0.6) is 0 Å². The zero-order valence-electron chi connectivity index (χ0n) is 19.8. The minimum absolute atomic E-state index is 0.0885. The topological polar surface area (TPSA) is 86.9 Å². The third-order valence-electron chi connectivity index (χ3n) is 6.85. The van der Waals surface area contributed by atoms with Gasteiger partial charge < -0.3 is 23.4 Å². The minimum atomic E-state index is -0.396. The molecule has 172 valence electrons. The van der Waals surface area contributed by atoms with Gasteiger partial charge in [0.15, 0.2) is 0 Å². The summed E-state index contributed by atoms with van der Waals surface area (Å²) in [7, 11) is -0.396. The highest BCUT2D eigenvalue weighted by atomic mass is 16.7. The van der Waals surface area contributed by atoms with E-state index >= 15 is 0 Å². The quantitative estimate of drug-likeness (QED) is 0.634. The summed E-state index contributed by atoms with van der Waals surface area (Å²) in [6, 6.07) is 8.00. The van der Waals surface area contributed by atoms with Gasteiger partial charge in [0, 0.05) is 26.3 Å². The van der Waals surface area contributed by atoms with Crippen molar-refractivity contribution in [2.45, 2.75) is 84.2 Å². The van der Waals surface area contributed by atoms with Crippen molar-refractivity contribution in [1.29, 1.82) is 0 Å². The SMILES string of the molecule is Cc1nnc(CCC2CCN(C(C)c3ccc(B4OC(C)(C)C(C)(C)O4)cc3)C(=O)O2)o1. The number of aromatic nitrogens is 2. The van der Waals surface area contributed by atoms with Gasteiger partial charge in [0.25, 0.3) is 0 Å². The molecular formula is C23H32BN3O5. The van der Waals surface area contributed by atoms with Crippen molar-refractivity contribution in [2.24, 2.45) is 0 Å². The molecule has 0 radical (unpaired) electrons. The average molecular weight is 441 g/mol. The predicted octanol–water partition coefficient (Wildman–Crippen LogP) is 3.58. The number of hydrogen-bond acceptors (Lipinski definition) is 7. The van der Waals surface area contributed by atoms with Gasteiger partial charge in [-0.2, -0.15) is 0 Å². The molecule has 8 nitrogen and oxygen atoms in total. The van der Waals surface area contributed by atoms with Gasteiger partial charge in [-0.25, -0.2) is 4.79 Å². The van der Waals surface area contributed by atoms with E-state index in [1.165, 1.54) is 0 Å². The van der Waals surface area contributed by atoms with E-state index in [4.69, 9.17) is 18.5 Å². The molecule has 4 rings (SSSR count). The van der Waals surface area contributed by atoms with Crippen LogP contribution in [0.4, 0.5) is 4.79 Å². The standard InChI is InChI=1S/C23H32BN3O5/c1-15(17-7-9-18(10-8-17)24-31-22(3,4)23(5,6)32-24)27-14-13-19(30-21(27)28)11-12-20-26-25-16(2)29-20/h7-10,15,19H,11-14H2,1-6H3. The van der Waals surface area contributed by atoms with E-state index in [1.807, 2.05) is 58.9 Å². The molecule has 2 atom stereocenters. The molecular weight excluding hydrogens is 409 g/mol. The van der Waals surface area contributed by atoms with Crippen LogP contribution >= 0.6 is 0 Å². The molecule has 1 aromatic carbocycles. The molecule has 2 unspecified atom stereocenters. The van der Waals surface area contributed by atoms with E-state index in [0.717, 1.165) is 17.4 Å². The van der Waals surface area contributed by atoms with Crippen molar-refractivity contribution in [3.8, 4) is 0 Å². The Bertz CT molecular complexity index is 943. The zero-order chi connectivity index (χ0) is 23.1. The summed E-state index contributed by atoms with van der Waals surface area (Å²) in [5, 5.41) is 7.83. The lowest BCUT2D eigenvalue weighted by molar-refractivity contribution is 0.00578. The summed E-state index contributed by atoms with van der Waals surface area (Å²) in [5.74, 6) is 1.13. The van der Waals surface area contributed by atoms with E-state index in [9.17, 15) is 4.79 Å². The number of rotatable bonds is 6. The summed E-state index contributed by atoms with van der Waals surface area (Å²) < 4.78 is 23.3. The molecule has 0 saturated carbocycles. The summed E-state index contributed by atoms with van der Waals surface area (Å²) in [4.78, 5) is 14.4. The van der Waals surface area contributed by atoms with Crippen molar-refractivity contribution in [2.75, 3.05) is 6.54 Å². The van der Waals surface area contributed by atoms with Gasteiger partial charge in [-0.15, -0.1) is 10.2 Å². The Labute approximate surface area is 189 Å². The predicted molar refractivity (Wildman–Crippen MR) is 120 cm³/mol. The first kappa shape index (κ1) is 22.8. The first-order valence-electron chi connectivity index (χ1n) is 11.3. The smallest absolute Gasteiger partial charge is 0.446 e. The van der Waals surface area contributed by atoms with E-state index in [-0.39, 0.29) is 29.4 Å². The largest absolute Gasteiger partial charge is 0.494 e. The first-order chi connectivity index (χ1) is 15.1. The molecule has 1 amide bonds. The molecule has 0 N–H and O–H groups in total. The zero-order valence-corrected chi connectivity index (χ0v) is 19.8. The van der Waals surface area contributed by atoms with Crippen molar-refractivity contribution in [3.05, 3.63) is 41.6 Å². The molecule has 0 aliphatic carbocycles. The Hall–Kier alpha value is -2.39. The Kier molecular flexibility index (Phi) is 6.07. The number of carbonyl (C=O) groups is 1. The molecule has 0 spiro atoms. The van der Waals surface area contributed by atoms with Crippen LogP contribution in [0.3, 0.4) is 0 Å². The average Bonchev–Trinajstić information content (AvgIpc) is 3.25. The fourth-order valence-corrected chi connectivity index (χ4v) is 4.01. The van der Waals surface area contributed by atoms with Gasteiger partial charge in [-0.3, -0.25) is 0 Å². The molecule has 2 saturated heterocycles. The number of benzene rings is 1. The maximum Gasteiger partial charge on any atom is 0.494 e. The first-order valence-corrected chi connectivity index (χ1v) is 11.3. The molecule has 1 aromatic heterocycles. The van der Waals surface area contributed by atoms with Gasteiger partial charge in [-0.1, -0.05) is 24.3 Å². The highest BCUT2D eigenvalue weighted by Crippen LogP contribution is 2.36. The summed E-state index contributed by atoms with van der Waals surface area (Å²) in [6.07, 6.45) is 1.64. The minimum Gasteiger partial charge on any atom is -0.446 e. The number of ether oxygens (including phenoxy) is 1. The monoisotopic (exact) mass is 441 g/mol. The van der Waals surface area contributed by atoms with Crippen molar-refractivity contribution < 1.29 is 23.3 Å². The van der Waals surface area contributed by atoms with E-state index in [2.05, 4.69) is 10.2 Å². The van der Waals surface area contributed by atoms with E-state index in [0.29, 0.717) is 31.2 Å². The van der Waals surface area contributed by atoms with Gasteiger partial charge in [-0.05, 0) is 52.1 Å². The highest BCUT2D eigenvalue weighted by molar-refractivity contribution is 6.62. The normalized spacial score (nSPS) is 23.3. The fraction of sp³-hybridized carbons (Fsp3) is 0.609. The lowest BCUT2D eigenvalue weighted by Gasteiger charge is -2.35. The summed E-state index contributed by atoms with van der Waals surface area (Å²) in [6.45, 7) is 12.6. The van der Waals surface area contributed by atoms with Gasteiger partial charge in [0.1, 0.15) is 6.10 Å². The molecule has 3 heterocycles. The third-order valence-corrected chi connectivity index (χ3v) is 6.85. The number of aryl methyl sites for hydroxylation is 2. The Morgan fingerprint density at radius 1 is 1.12 bits per heavy atom. The number of hydrogen-bond donors (Lipinski definition) is 0. The fourth-order valence-electron chi connectivity index (χ4n) is 4.01. The Balaban J connectivity index is 1.33. The molecule has 2 aliphatic rings. The third kappa shape index (κ3) is 4.54. The number of amides is 1. The maximum absolute atomic E-state index is 12.7. The number of carbonyl (C=O) groups excluding carboxylic acids is 1. The second-order valence-corrected chi connectivity index (χ2v) is 9.67. The van der Waals surface area contributed by atoms with Crippen LogP contribution in [0, 0.1) is 6.92 Å². The molecule has 2 aromatic rings. The second-order valence-electron chi connectivity index (χ2n) is 9.67. The lowest BCUT2D eigenvalue weighted by atomic mass is 9.78. The van der Waals surface area contributed by atoms with Crippen LogP contribution in [0.15, 0.2) is 28.7 Å². The van der Waals surface area contributed by atoms with Gasteiger partial charge >= 0.3 is 13.2 Å². The molecule has 2 fully saturated rings. The Morgan fingerprint density at radius 3 is 2.34 bits per heavy atom. The van der Waals surface area contributed by atoms with Gasteiger partial charge in [0.2, 0.25) is 11.8 Å². The molecule has 9 heteroatoms. The van der Waals surface area contributed by atoms with E-state index in [1.54, 1.807) is 11.8 Å². The maximum atomic E-state index is 12.7. The molecule has 2 aliphatic heterocycles. The molecule has 0 bridgehead atoms. The van der Waals surface area contributed by atoms with Crippen LogP contribution in [0.1, 0.15) is 70.8 Å². The van der Waals surface area contributed by atoms with Crippen LogP contribution in [0.2, 0.25) is 0 Å². The summed E-state index contributed by atoms with van der Waals surface area (Å²) in [5.41, 5.74) is 1.26. The van der Waals surface area contributed by atoms with Crippen LogP contribution in [-0.2, 0) is 20.5 Å². The van der Waals surface area contributed by atoms with Crippen molar-refractivity contribution in [3.63, 3.8) is 0 Å². The van der Waals surface area contributed by atoms with Crippen LogP contribution in [-0.4, -0.2) is 52.2 Å². The van der Waals surface area contributed by atoms with E-state index < -0.39 is 7.12 Å². The molecule has 32 heavy (non-hydrogen) atoms. The van der Waals surface area contributed by atoms with Crippen molar-refractivity contribution in [1.82, 2.24) is 15.1 Å². The lowest BCUT2D eigenvalue weighted by Crippen LogP contribution is -2.43. The number of nitrogens with zero attached hydrogens (tertiary/aromatic N) is 3. The Morgan fingerprint density at radius 2 is 1.78 bits per heavy atom. The second kappa shape index (κ2) is 8.52. The highest BCUT2D eigenvalue weighted by Gasteiger charge is 2.51. The number of cyclic esters (lactones) is 1.